The van der Waals surface area contributed by atoms with Gasteiger partial charge in [-0.3, -0.25) is 9.59 Å². The van der Waals surface area contributed by atoms with Gasteiger partial charge in [-0.1, -0.05) is 0 Å². The van der Waals surface area contributed by atoms with Crippen molar-refractivity contribution in [2.75, 3.05) is 29.2 Å². The highest BCUT2D eigenvalue weighted by molar-refractivity contribution is 5.95. The van der Waals surface area contributed by atoms with E-state index in [1.54, 1.807) is 0 Å². The van der Waals surface area contributed by atoms with Gasteiger partial charge in [0.25, 0.3) is 0 Å². The van der Waals surface area contributed by atoms with Crippen LogP contribution in [0.25, 0.3) is 0 Å². The van der Waals surface area contributed by atoms with Crippen LogP contribution in [0, 0.1) is 0 Å². The molecular formula is C22H33N3O12. The Kier molecular flexibility index (Phi) is 9.76. The van der Waals surface area contributed by atoms with E-state index >= 15 is 0 Å². The first-order chi connectivity index (χ1) is 17.5. The molecule has 2 amide bonds. The maximum absolute atomic E-state index is 11.6. The van der Waals surface area contributed by atoms with E-state index in [-0.39, 0.29) is 17.3 Å². The molecule has 0 aliphatic carbocycles. The number of amides is 2. The second kappa shape index (κ2) is 12.4. The van der Waals surface area contributed by atoms with E-state index in [1.165, 1.54) is 32.0 Å². The molecule has 2 saturated heterocycles. The fraction of sp³-hybridized carbons (Fsp3) is 0.636. The topological polar surface area (TPSA) is 240 Å². The Morgan fingerprint density at radius 2 is 1.46 bits per heavy atom. The lowest BCUT2D eigenvalue weighted by atomic mass is 9.96. The molecule has 2 fully saturated rings. The van der Waals surface area contributed by atoms with Crippen LogP contribution in [-0.4, -0.2) is 122 Å². The molecule has 0 unspecified atom stereocenters. The maximum Gasteiger partial charge on any atom is 0.221 e. The molecule has 10 atom stereocenters. The summed E-state index contributed by atoms with van der Waals surface area (Å²) >= 11 is 0. The van der Waals surface area contributed by atoms with Crippen LogP contribution in [-0.2, 0) is 23.8 Å². The Balaban J connectivity index is 1.80. The van der Waals surface area contributed by atoms with Gasteiger partial charge in [0.2, 0.25) is 11.8 Å². The Hall–Kier alpha value is -2.44. The summed E-state index contributed by atoms with van der Waals surface area (Å²) in [4.78, 5) is 23.1. The average Bonchev–Trinajstić information content (AvgIpc) is 2.84. The number of rotatable bonds is 8. The fourth-order valence-electron chi connectivity index (χ4n) is 4.11. The summed E-state index contributed by atoms with van der Waals surface area (Å²) in [6.07, 6.45) is -15.6. The van der Waals surface area contributed by atoms with E-state index in [0.717, 1.165) is 0 Å². The number of aliphatic hydroxyl groups is 7. The number of nitrogens with one attached hydrogen (secondary N) is 3. The first-order valence-electron chi connectivity index (χ1n) is 11.5. The molecule has 0 bridgehead atoms. The average molecular weight is 532 g/mol. The maximum atomic E-state index is 11.6. The van der Waals surface area contributed by atoms with Gasteiger partial charge in [0.1, 0.15) is 48.8 Å². The highest BCUT2D eigenvalue weighted by Gasteiger charge is 2.50. The lowest BCUT2D eigenvalue weighted by molar-refractivity contribution is -0.340. The Morgan fingerprint density at radius 1 is 0.811 bits per heavy atom. The third kappa shape index (κ3) is 6.71. The number of benzene rings is 1. The van der Waals surface area contributed by atoms with Gasteiger partial charge in [0, 0.05) is 19.5 Å². The number of hydrogen-bond donors (Lipinski definition) is 10. The Morgan fingerprint density at radius 3 is 2.05 bits per heavy atom. The molecule has 15 nitrogen and oxygen atoms in total. The first-order valence-corrected chi connectivity index (χ1v) is 11.5. The van der Waals surface area contributed by atoms with Crippen molar-refractivity contribution in [1.82, 2.24) is 0 Å². The van der Waals surface area contributed by atoms with E-state index in [9.17, 15) is 45.3 Å². The minimum absolute atomic E-state index is 0.211. The van der Waals surface area contributed by atoms with Gasteiger partial charge >= 0.3 is 0 Å². The Bertz CT molecular complexity index is 947. The van der Waals surface area contributed by atoms with Crippen LogP contribution in [0.2, 0.25) is 0 Å². The second-order valence-electron chi connectivity index (χ2n) is 8.82. The van der Waals surface area contributed by atoms with Gasteiger partial charge in [-0.2, -0.15) is 0 Å². The molecule has 3 rings (SSSR count). The second-order valence-corrected chi connectivity index (χ2v) is 8.82. The lowest BCUT2D eigenvalue weighted by Gasteiger charge is -2.46. The summed E-state index contributed by atoms with van der Waals surface area (Å²) in [5, 5.41) is 78.9. The minimum Gasteiger partial charge on any atom is -0.394 e. The van der Waals surface area contributed by atoms with Crippen LogP contribution in [0.3, 0.4) is 0 Å². The summed E-state index contributed by atoms with van der Waals surface area (Å²) in [6, 6.07) is 4.49. The molecule has 2 aliphatic rings. The van der Waals surface area contributed by atoms with Crippen LogP contribution in [0.15, 0.2) is 18.2 Å². The van der Waals surface area contributed by atoms with Crippen LogP contribution in [0.1, 0.15) is 13.8 Å². The predicted molar refractivity (Wildman–Crippen MR) is 125 cm³/mol. The van der Waals surface area contributed by atoms with Crippen LogP contribution in [0.4, 0.5) is 17.1 Å². The van der Waals surface area contributed by atoms with Gasteiger partial charge in [-0.25, -0.2) is 0 Å². The molecular weight excluding hydrogens is 498 g/mol. The third-order valence-corrected chi connectivity index (χ3v) is 5.95. The quantitative estimate of drug-likeness (QED) is 0.158. The van der Waals surface area contributed by atoms with E-state index < -0.39 is 80.5 Å². The molecule has 208 valence electrons. The normalized spacial score (nSPS) is 36.0. The minimum atomic E-state index is -1.78. The molecule has 1 aromatic carbocycles. The number of aliphatic hydroxyl groups excluding tert-OH is 7. The highest BCUT2D eigenvalue weighted by Crippen LogP contribution is 2.32. The van der Waals surface area contributed by atoms with Gasteiger partial charge in [0.15, 0.2) is 12.5 Å². The molecule has 0 radical (unpaired) electrons. The van der Waals surface area contributed by atoms with Crippen LogP contribution < -0.4 is 16.0 Å². The number of carbonyl (C=O) groups excluding carboxylic acids is 2. The van der Waals surface area contributed by atoms with Crippen LogP contribution in [0.5, 0.6) is 0 Å². The van der Waals surface area contributed by atoms with Crippen molar-refractivity contribution >= 4 is 28.9 Å². The SMILES string of the molecule is CC(=O)Nc1ccc(NC(C)=O)c(N[C@H]2O[C@@H](CO)[C@@H](O[C@H]3O[C@@H](CO)[C@@H](O)[C@@H](O)[C@H]3O)[C@@H](O)[C@@H]2O)c1. The zero-order valence-electron chi connectivity index (χ0n) is 20.1. The van der Waals surface area contributed by atoms with E-state index in [4.69, 9.17) is 14.2 Å². The summed E-state index contributed by atoms with van der Waals surface area (Å²) in [6.45, 7) is 1.17. The molecule has 2 heterocycles. The van der Waals surface area contributed by atoms with Gasteiger partial charge in [-0.15, -0.1) is 0 Å². The summed E-state index contributed by atoms with van der Waals surface area (Å²) < 4.78 is 16.5. The molecule has 1 aromatic rings. The molecule has 10 N–H and O–H groups in total. The molecule has 0 aromatic heterocycles. The smallest absolute Gasteiger partial charge is 0.221 e. The van der Waals surface area contributed by atoms with Gasteiger partial charge in [0.05, 0.1) is 24.6 Å². The van der Waals surface area contributed by atoms with Crippen molar-refractivity contribution < 1.29 is 59.5 Å². The van der Waals surface area contributed by atoms with E-state index in [2.05, 4.69) is 16.0 Å². The highest BCUT2D eigenvalue weighted by atomic mass is 16.7. The molecule has 37 heavy (non-hydrogen) atoms. The Labute approximate surface area is 211 Å². The van der Waals surface area contributed by atoms with Crippen molar-refractivity contribution in [2.45, 2.75) is 75.2 Å². The van der Waals surface area contributed by atoms with E-state index in [0.29, 0.717) is 5.69 Å². The molecule has 2 aliphatic heterocycles. The summed E-state index contributed by atoms with van der Waals surface area (Å²) in [5.74, 6) is -0.752. The van der Waals surface area contributed by atoms with Gasteiger partial charge in [-0.05, 0) is 18.2 Å². The van der Waals surface area contributed by atoms with Crippen molar-refractivity contribution in [2.24, 2.45) is 0 Å². The van der Waals surface area contributed by atoms with Crippen molar-refractivity contribution in [3.63, 3.8) is 0 Å². The monoisotopic (exact) mass is 531 g/mol. The standard InChI is InChI=1S/C22H33N3O12/c1-8(28)23-10-3-4-11(24-9(2)29)12(5-10)25-21-18(33)17(32)20(14(7-27)35-21)37-22-19(34)16(31)15(30)13(6-26)36-22/h3-5,13-22,25-27,30-34H,6-7H2,1-2H3,(H,23,28)(H,24,29)/t13-,14-,15+,16+,17-,18-,19+,20+,21-,22+/m0/s1. The fourth-order valence-corrected chi connectivity index (χ4v) is 4.11. The van der Waals surface area contributed by atoms with Crippen molar-refractivity contribution in [3.8, 4) is 0 Å². The van der Waals surface area contributed by atoms with Crippen molar-refractivity contribution in [1.29, 1.82) is 0 Å². The van der Waals surface area contributed by atoms with E-state index in [1.807, 2.05) is 0 Å². The van der Waals surface area contributed by atoms with Gasteiger partial charge < -0.3 is 65.9 Å². The number of hydrogen-bond acceptors (Lipinski definition) is 13. The predicted octanol–water partition coefficient (Wildman–Crippen LogP) is -3.36. The molecule has 15 heteroatoms. The summed E-state index contributed by atoms with van der Waals surface area (Å²) in [7, 11) is 0. The number of carbonyl (C=O) groups is 2. The lowest BCUT2D eigenvalue weighted by Crippen LogP contribution is -2.65. The zero-order chi connectivity index (χ0) is 27.4. The molecule has 0 saturated carbocycles. The summed E-state index contributed by atoms with van der Waals surface area (Å²) in [5.41, 5.74) is 0.840. The van der Waals surface area contributed by atoms with Crippen LogP contribution >= 0.6 is 0 Å². The number of ether oxygens (including phenoxy) is 3. The third-order valence-electron chi connectivity index (χ3n) is 5.95. The zero-order valence-corrected chi connectivity index (χ0v) is 20.1. The van der Waals surface area contributed by atoms with Crippen molar-refractivity contribution in [3.05, 3.63) is 18.2 Å². The molecule has 0 spiro atoms. The number of anilines is 3. The first kappa shape index (κ1) is 29.1. The largest absolute Gasteiger partial charge is 0.394 e.